The van der Waals surface area contributed by atoms with Gasteiger partial charge < -0.3 is 52.3 Å². The molecule has 358 valence electrons. The van der Waals surface area contributed by atoms with E-state index in [0.29, 0.717) is 18.4 Å². The second kappa shape index (κ2) is 27.3. The Morgan fingerprint density at radius 2 is 1.25 bits per heavy atom. The molecular weight excluding hydrogens is 839 g/mol. The van der Waals surface area contributed by atoms with Crippen LogP contribution >= 0.6 is 0 Å². The highest BCUT2D eigenvalue weighted by Crippen LogP contribution is 2.21. The van der Waals surface area contributed by atoms with Crippen molar-refractivity contribution in [2.75, 3.05) is 13.2 Å². The molecule has 18 heteroatoms. The van der Waals surface area contributed by atoms with Gasteiger partial charge in [0.2, 0.25) is 41.2 Å². The number of amides is 7. The van der Waals surface area contributed by atoms with Gasteiger partial charge in [-0.15, -0.1) is 0 Å². The van der Waals surface area contributed by atoms with Crippen LogP contribution in [0, 0.1) is 18.3 Å². The molecule has 0 radical (unpaired) electrons. The van der Waals surface area contributed by atoms with Crippen molar-refractivity contribution in [3.63, 3.8) is 0 Å². The fourth-order valence-electron chi connectivity index (χ4n) is 6.61. The molecule has 9 N–H and O–H groups in total. The lowest BCUT2D eigenvalue weighted by molar-refractivity contribution is -0.139. The highest BCUT2D eigenvalue weighted by molar-refractivity contribution is 6.37. The molecule has 6 atom stereocenters. The van der Waals surface area contributed by atoms with Gasteiger partial charge in [-0.2, -0.15) is 0 Å². The number of carbonyl (C=O) groups excluding carboxylic acids is 9. The van der Waals surface area contributed by atoms with Crippen molar-refractivity contribution in [3.8, 4) is 0 Å². The molecule has 0 bridgehead atoms. The number of ether oxygens (including phenoxy) is 1. The number of benzene rings is 2. The van der Waals surface area contributed by atoms with E-state index in [1.54, 1.807) is 63.2 Å². The van der Waals surface area contributed by atoms with Gasteiger partial charge in [-0.25, -0.2) is 0 Å². The summed E-state index contributed by atoms with van der Waals surface area (Å²) < 4.78 is 5.84. The first kappa shape index (κ1) is 55.1. The van der Waals surface area contributed by atoms with E-state index in [0.717, 1.165) is 11.1 Å². The lowest BCUT2D eigenvalue weighted by Gasteiger charge is -2.34. The smallest absolute Gasteiger partial charge is 0.287 e. The summed E-state index contributed by atoms with van der Waals surface area (Å²) in [4.78, 5) is 118. The number of unbranched alkanes of at least 4 members (excludes halogenated alkanes) is 1. The fraction of sp³-hybridized carbons (Fsp3) is 0.553. The van der Waals surface area contributed by atoms with Crippen molar-refractivity contribution >= 4 is 52.9 Å². The molecule has 65 heavy (non-hydrogen) atoms. The molecule has 0 heterocycles. The van der Waals surface area contributed by atoms with Gasteiger partial charge in [0.05, 0.1) is 25.9 Å². The molecule has 7 amide bonds. The van der Waals surface area contributed by atoms with Crippen molar-refractivity contribution in [2.45, 2.75) is 143 Å². The molecular formula is C47H69N7O11. The molecule has 0 saturated heterocycles. The quantitative estimate of drug-likeness (QED) is 0.0565. The minimum Gasteiger partial charge on any atom is -0.394 e. The summed E-state index contributed by atoms with van der Waals surface area (Å²) in [5.41, 5.74) is 6.52. The van der Waals surface area contributed by atoms with E-state index >= 15 is 0 Å². The monoisotopic (exact) mass is 908 g/mol. The first-order valence-electron chi connectivity index (χ1n) is 22.0. The number of ketones is 2. The lowest BCUT2D eigenvalue weighted by atomic mass is 9.85. The van der Waals surface area contributed by atoms with Crippen molar-refractivity contribution in [1.82, 2.24) is 31.9 Å². The number of hydrogen-bond donors (Lipinski definition) is 8. The number of primary amides is 1. The summed E-state index contributed by atoms with van der Waals surface area (Å²) in [6.45, 7) is 12.6. The average Bonchev–Trinajstić information content (AvgIpc) is 3.24. The molecule has 2 aromatic carbocycles. The third-order valence-corrected chi connectivity index (χ3v) is 10.4. The van der Waals surface area contributed by atoms with Crippen molar-refractivity contribution in [3.05, 3.63) is 71.3 Å². The molecule has 0 saturated carbocycles. The highest BCUT2D eigenvalue weighted by atomic mass is 16.5. The number of Topliss-reactive ketones (excluding diaryl/α,β-unsaturated/α-hetero) is 2. The predicted molar refractivity (Wildman–Crippen MR) is 242 cm³/mol. The maximum atomic E-state index is 14.5. The maximum Gasteiger partial charge on any atom is 0.287 e. The third kappa shape index (κ3) is 19.7. The molecule has 0 aromatic heterocycles. The topological polar surface area (TPSA) is 281 Å². The van der Waals surface area contributed by atoms with E-state index < -0.39 is 102 Å². The molecule has 18 nitrogen and oxygen atoms in total. The van der Waals surface area contributed by atoms with E-state index in [1.165, 1.54) is 6.92 Å². The Labute approximate surface area is 381 Å². The van der Waals surface area contributed by atoms with Gasteiger partial charge in [-0.3, -0.25) is 38.4 Å². The van der Waals surface area contributed by atoms with Crippen LogP contribution in [0.25, 0.3) is 0 Å². The predicted octanol–water partition coefficient (Wildman–Crippen LogP) is 1.36. The first-order valence-corrected chi connectivity index (χ1v) is 22.0. The minimum atomic E-state index is -1.50. The average molecular weight is 908 g/mol. The summed E-state index contributed by atoms with van der Waals surface area (Å²) in [6.07, 6.45) is 1.11. The van der Waals surface area contributed by atoms with E-state index in [9.17, 15) is 48.3 Å². The SMILES string of the molecule is CCCC[C@H](NC(=O)[C@H](CC(C)C)NC(=O)[C@@H](NC(=O)[C@H](Cc1ccccc1C)NC(=O)[C@@H](COCc1ccccc1)NC(=O)[C@H](CO)NC(=O)CCC(C)=O)C(C)(C)C)C(=O)C(N)=O. The summed E-state index contributed by atoms with van der Waals surface area (Å²) in [6, 6.07) is 8.15. The number of carbonyl (C=O) groups is 9. The van der Waals surface area contributed by atoms with Crippen LogP contribution in [0.2, 0.25) is 0 Å². The molecule has 0 fully saturated rings. The zero-order valence-corrected chi connectivity index (χ0v) is 38.9. The number of nitrogens with two attached hydrogens (primary N) is 1. The fourth-order valence-corrected chi connectivity index (χ4v) is 6.61. The van der Waals surface area contributed by atoms with Crippen LogP contribution in [0.5, 0.6) is 0 Å². The van der Waals surface area contributed by atoms with E-state index in [2.05, 4.69) is 31.9 Å². The van der Waals surface area contributed by atoms with Gasteiger partial charge >= 0.3 is 0 Å². The Bertz CT molecular complexity index is 1950. The lowest BCUT2D eigenvalue weighted by Crippen LogP contribution is -2.62. The van der Waals surface area contributed by atoms with Gasteiger partial charge in [0.15, 0.2) is 0 Å². The minimum absolute atomic E-state index is 0.0396. The Kier molecular flexibility index (Phi) is 23.2. The van der Waals surface area contributed by atoms with E-state index in [4.69, 9.17) is 10.5 Å². The van der Waals surface area contributed by atoms with Gasteiger partial charge in [-0.1, -0.05) is 109 Å². The van der Waals surface area contributed by atoms with Crippen molar-refractivity contribution < 1.29 is 53.0 Å². The molecule has 0 aliphatic rings. The van der Waals surface area contributed by atoms with Crippen LogP contribution in [-0.2, 0) is 60.9 Å². The normalized spacial score (nSPS) is 14.1. The van der Waals surface area contributed by atoms with Gasteiger partial charge in [-0.05, 0) is 54.7 Å². The Morgan fingerprint density at radius 3 is 1.82 bits per heavy atom. The number of nitrogens with one attached hydrogen (secondary N) is 6. The molecule has 0 aliphatic carbocycles. The van der Waals surface area contributed by atoms with Crippen LogP contribution < -0.4 is 37.6 Å². The zero-order valence-electron chi connectivity index (χ0n) is 38.9. The number of aliphatic hydroxyl groups excluding tert-OH is 1. The van der Waals surface area contributed by atoms with Gasteiger partial charge in [0.1, 0.15) is 36.0 Å². The summed E-state index contributed by atoms with van der Waals surface area (Å²) in [7, 11) is 0. The number of rotatable bonds is 28. The summed E-state index contributed by atoms with van der Waals surface area (Å²) in [5.74, 6) is -7.25. The second-order valence-electron chi connectivity index (χ2n) is 17.7. The van der Waals surface area contributed by atoms with Crippen LogP contribution in [0.4, 0.5) is 0 Å². The number of aliphatic hydroxyl groups is 1. The zero-order chi connectivity index (χ0) is 48.9. The second-order valence-corrected chi connectivity index (χ2v) is 17.7. The van der Waals surface area contributed by atoms with Crippen molar-refractivity contribution in [2.24, 2.45) is 17.1 Å². The molecule has 0 aliphatic heterocycles. The largest absolute Gasteiger partial charge is 0.394 e. The van der Waals surface area contributed by atoms with E-state index in [1.807, 2.05) is 39.8 Å². The van der Waals surface area contributed by atoms with Crippen LogP contribution in [-0.4, -0.2) is 107 Å². The van der Waals surface area contributed by atoms with Crippen LogP contribution in [0.1, 0.15) is 104 Å². The standard InChI is InChI=1S/C47H69N7O11/c1-9-10-20-33(39(58)41(48)59)50-42(60)34(23-28(2)3)52-46(64)40(47(6,7)8)54-43(61)35(24-32-19-15-14-16-29(32)4)51-45(63)37(27-65-26-31-17-12-11-13-18-31)53-44(62)36(25-55)49-38(57)22-21-30(5)56/h11-19,28,33-37,40,55H,9-10,20-27H2,1-8H3,(H2,48,59)(H,49,57)(H,50,60)(H,51,63)(H,52,64)(H,53,62)(H,54,61)/t33-,34-,35-,36-,37+,40+/m0/s1. The number of hydrogen-bond acceptors (Lipinski definition) is 11. The first-order chi connectivity index (χ1) is 30.6. The van der Waals surface area contributed by atoms with Crippen LogP contribution in [0.3, 0.4) is 0 Å². The molecule has 2 rings (SSSR count). The molecule has 2 aromatic rings. The molecule has 0 spiro atoms. The van der Waals surface area contributed by atoms with Crippen molar-refractivity contribution in [1.29, 1.82) is 0 Å². The Balaban J connectivity index is 2.49. The molecule has 0 unspecified atom stereocenters. The van der Waals surface area contributed by atoms with Gasteiger partial charge in [0.25, 0.3) is 5.91 Å². The highest BCUT2D eigenvalue weighted by Gasteiger charge is 2.38. The summed E-state index contributed by atoms with van der Waals surface area (Å²) >= 11 is 0. The summed E-state index contributed by atoms with van der Waals surface area (Å²) in [5, 5.41) is 25.7. The van der Waals surface area contributed by atoms with Gasteiger partial charge in [0, 0.05) is 19.3 Å². The van der Waals surface area contributed by atoms with Crippen LogP contribution in [0.15, 0.2) is 54.6 Å². The Morgan fingerprint density at radius 1 is 0.692 bits per heavy atom. The third-order valence-electron chi connectivity index (χ3n) is 10.4. The Hall–Kier alpha value is -6.01. The number of aryl methyl sites for hydroxylation is 1. The maximum absolute atomic E-state index is 14.5. The van der Waals surface area contributed by atoms with E-state index in [-0.39, 0.29) is 50.4 Å².